The van der Waals surface area contributed by atoms with Crippen molar-refractivity contribution in [3.05, 3.63) is 94.8 Å². The predicted molar refractivity (Wildman–Crippen MR) is 113 cm³/mol. The topological polar surface area (TPSA) is 39.0 Å². The Balaban J connectivity index is 2.11. The number of aromatic nitrogens is 1. The van der Waals surface area contributed by atoms with Crippen molar-refractivity contribution >= 4 is 46.0 Å². The highest BCUT2D eigenvalue weighted by Gasteiger charge is 2.20. The summed E-state index contributed by atoms with van der Waals surface area (Å²) in [5.41, 5.74) is 3.87. The summed E-state index contributed by atoms with van der Waals surface area (Å²) in [6.07, 6.45) is 3.59. The molecule has 1 N–H and O–H groups in total. The van der Waals surface area contributed by atoms with E-state index in [9.17, 15) is 5.11 Å². The predicted octanol–water partition coefficient (Wildman–Crippen LogP) is 4.37. The van der Waals surface area contributed by atoms with E-state index in [1.807, 2.05) is 50.2 Å². The number of thiocarbonyl (C=S) groups is 1. The van der Waals surface area contributed by atoms with Crippen LogP contribution in [0.1, 0.15) is 16.7 Å². The lowest BCUT2D eigenvalue weighted by molar-refractivity contribution is -0.577. The first-order chi connectivity index (χ1) is 13.0. The minimum atomic E-state index is -0.236. The normalized spacial score (nSPS) is 11.7. The third-order valence-electron chi connectivity index (χ3n) is 4.38. The smallest absolute Gasteiger partial charge is 0.238 e. The van der Waals surface area contributed by atoms with Gasteiger partial charge in [-0.3, -0.25) is 0 Å². The molecule has 0 aliphatic rings. The summed E-state index contributed by atoms with van der Waals surface area (Å²) in [6.45, 7) is 4.06. The second kappa shape index (κ2) is 8.33. The van der Waals surface area contributed by atoms with Gasteiger partial charge in [0.2, 0.25) is 5.70 Å². The summed E-state index contributed by atoms with van der Waals surface area (Å²) < 4.78 is 1.71. The Morgan fingerprint density at radius 2 is 1.67 bits per heavy atom. The van der Waals surface area contributed by atoms with Crippen molar-refractivity contribution in [3.63, 3.8) is 0 Å². The van der Waals surface area contributed by atoms with Crippen LogP contribution < -0.4 is 15.0 Å². The molecule has 0 aliphatic carbocycles. The molecule has 1 aromatic heterocycles. The molecule has 3 rings (SSSR count). The molecule has 136 valence electrons. The van der Waals surface area contributed by atoms with E-state index in [0.717, 1.165) is 16.8 Å². The highest BCUT2D eigenvalue weighted by molar-refractivity contribution is 7.81. The number of aryl methyl sites for hydroxylation is 1. The Labute approximate surface area is 169 Å². The molecule has 5 heteroatoms. The highest BCUT2D eigenvalue weighted by Crippen LogP contribution is 2.24. The maximum absolute atomic E-state index is 13.3. The number of pyridine rings is 1. The first-order valence-corrected chi connectivity index (χ1v) is 9.28. The van der Waals surface area contributed by atoms with Gasteiger partial charge in [-0.2, -0.15) is 4.57 Å². The first-order valence-electron chi connectivity index (χ1n) is 8.49. The monoisotopic (exact) mass is 394 g/mol. The maximum Gasteiger partial charge on any atom is 0.238 e. The zero-order valence-electron chi connectivity index (χ0n) is 15.1. The summed E-state index contributed by atoms with van der Waals surface area (Å²) in [5, 5.41) is 16.9. The zero-order valence-corrected chi connectivity index (χ0v) is 16.6. The number of nitrogens with zero attached hydrogens (tertiary/aromatic N) is 1. The molecule has 0 bridgehead atoms. The van der Waals surface area contributed by atoms with Gasteiger partial charge in [0, 0.05) is 22.8 Å². The lowest BCUT2D eigenvalue weighted by Gasteiger charge is -2.18. The Hall–Kier alpha value is -2.69. The number of benzene rings is 2. The molecule has 2 aromatic carbocycles. The molecular formula is C22H19ClN2OS. The largest absolute Gasteiger partial charge is 0.867 e. The molecule has 0 fully saturated rings. The van der Waals surface area contributed by atoms with Crippen LogP contribution in [0.3, 0.4) is 0 Å². The summed E-state index contributed by atoms with van der Waals surface area (Å²) in [7, 11) is 0. The van der Waals surface area contributed by atoms with Crippen LogP contribution >= 0.6 is 23.8 Å². The number of halogens is 1. The van der Waals surface area contributed by atoms with E-state index in [1.54, 1.807) is 41.2 Å². The maximum atomic E-state index is 13.3. The molecule has 0 atom stereocenters. The van der Waals surface area contributed by atoms with Crippen LogP contribution in [0.4, 0.5) is 5.69 Å². The Morgan fingerprint density at radius 3 is 2.37 bits per heavy atom. The van der Waals surface area contributed by atoms with E-state index in [-0.39, 0.29) is 5.76 Å². The molecule has 27 heavy (non-hydrogen) atoms. The molecular weight excluding hydrogens is 376 g/mol. The van der Waals surface area contributed by atoms with Gasteiger partial charge in [-0.1, -0.05) is 60.2 Å². The van der Waals surface area contributed by atoms with Gasteiger partial charge in [0.05, 0.1) is 0 Å². The number of rotatable bonds is 4. The van der Waals surface area contributed by atoms with Gasteiger partial charge in [-0.25, -0.2) is 0 Å². The fourth-order valence-corrected chi connectivity index (χ4v) is 3.26. The van der Waals surface area contributed by atoms with Crippen LogP contribution in [0.5, 0.6) is 0 Å². The van der Waals surface area contributed by atoms with Gasteiger partial charge < -0.3 is 10.4 Å². The average molecular weight is 395 g/mol. The van der Waals surface area contributed by atoms with E-state index in [2.05, 4.69) is 5.32 Å². The second-order valence-corrected chi connectivity index (χ2v) is 6.96. The molecule has 0 aliphatic heterocycles. The number of hydrogen-bond donors (Lipinski definition) is 1. The van der Waals surface area contributed by atoms with Crippen molar-refractivity contribution in [2.24, 2.45) is 0 Å². The minimum absolute atomic E-state index is 0.236. The van der Waals surface area contributed by atoms with Gasteiger partial charge in [0.25, 0.3) is 0 Å². The lowest BCUT2D eigenvalue weighted by Crippen LogP contribution is -2.39. The van der Waals surface area contributed by atoms with Crippen molar-refractivity contribution in [1.82, 2.24) is 0 Å². The third-order valence-corrected chi connectivity index (χ3v) is 5.00. The van der Waals surface area contributed by atoms with Gasteiger partial charge >= 0.3 is 0 Å². The van der Waals surface area contributed by atoms with Crippen LogP contribution in [0, 0.1) is 13.8 Å². The van der Waals surface area contributed by atoms with Crippen LogP contribution in [-0.2, 0) is 0 Å². The third kappa shape index (κ3) is 4.18. The van der Waals surface area contributed by atoms with Gasteiger partial charge in [-0.05, 0) is 48.4 Å². The molecule has 0 saturated heterocycles. The van der Waals surface area contributed by atoms with E-state index in [1.165, 1.54) is 0 Å². The quantitative estimate of drug-likeness (QED) is 0.309. The van der Waals surface area contributed by atoms with Crippen LogP contribution in [0.2, 0.25) is 5.02 Å². The fourth-order valence-electron chi connectivity index (χ4n) is 2.73. The summed E-state index contributed by atoms with van der Waals surface area (Å²) in [6, 6.07) is 18.5. The Kier molecular flexibility index (Phi) is 5.89. The number of nitrogens with one attached hydrogen (secondary N) is 1. The Morgan fingerprint density at radius 1 is 0.963 bits per heavy atom. The summed E-state index contributed by atoms with van der Waals surface area (Å²) >= 11 is 11.9. The molecule has 0 spiro atoms. The second-order valence-electron chi connectivity index (χ2n) is 6.14. The zero-order chi connectivity index (χ0) is 19.4. The molecule has 0 unspecified atom stereocenters. The molecule has 0 radical (unpaired) electrons. The van der Waals surface area contributed by atoms with Crippen molar-refractivity contribution in [1.29, 1.82) is 0 Å². The van der Waals surface area contributed by atoms with E-state index >= 15 is 0 Å². The number of hydrogen-bond acceptors (Lipinski definition) is 2. The average Bonchev–Trinajstić information content (AvgIpc) is 2.67. The van der Waals surface area contributed by atoms with Crippen molar-refractivity contribution in [2.45, 2.75) is 13.8 Å². The number of anilines is 1. The van der Waals surface area contributed by atoms with Crippen LogP contribution in [0.15, 0.2) is 73.1 Å². The minimum Gasteiger partial charge on any atom is -0.867 e. The van der Waals surface area contributed by atoms with E-state index < -0.39 is 0 Å². The lowest BCUT2D eigenvalue weighted by atomic mass is 10.1. The van der Waals surface area contributed by atoms with Gasteiger partial charge in [0.15, 0.2) is 17.4 Å². The fraction of sp³-hybridized carbons (Fsp3) is 0.0909. The standard InChI is InChI=1S/C22H19ClN2OS/c1-15-9-8-12-19(16(15)2)24-22(27)20(25-13-6-3-7-14-25)21(26)17-10-4-5-11-18(17)23/h3-14H,1-2H3,(H-,24,26,27). The molecule has 0 amide bonds. The van der Waals surface area contributed by atoms with Crippen LogP contribution in [0.25, 0.3) is 11.5 Å². The van der Waals surface area contributed by atoms with E-state index in [0.29, 0.717) is 21.3 Å². The van der Waals surface area contributed by atoms with Crippen LogP contribution in [-0.4, -0.2) is 4.99 Å². The van der Waals surface area contributed by atoms with E-state index in [4.69, 9.17) is 23.8 Å². The molecule has 3 aromatic rings. The first kappa shape index (κ1) is 19.1. The highest BCUT2D eigenvalue weighted by atomic mass is 35.5. The van der Waals surface area contributed by atoms with Crippen molar-refractivity contribution in [2.75, 3.05) is 5.32 Å². The molecule has 0 saturated carbocycles. The van der Waals surface area contributed by atoms with Crippen molar-refractivity contribution in [3.8, 4) is 0 Å². The van der Waals surface area contributed by atoms with Gasteiger partial charge in [0.1, 0.15) is 0 Å². The Bertz CT molecular complexity index is 1020. The SMILES string of the molecule is Cc1cccc(NC(=S)C(=C([O-])c2ccccc2Cl)[n+]2ccccc2)c1C. The van der Waals surface area contributed by atoms with Crippen molar-refractivity contribution < 1.29 is 9.67 Å². The summed E-state index contributed by atoms with van der Waals surface area (Å²) in [5.74, 6) is -0.236. The molecule has 3 nitrogen and oxygen atoms in total. The van der Waals surface area contributed by atoms with Gasteiger partial charge in [-0.15, -0.1) is 0 Å². The summed E-state index contributed by atoms with van der Waals surface area (Å²) in [4.78, 5) is 0.338. The molecule has 1 heterocycles.